The van der Waals surface area contributed by atoms with E-state index in [4.69, 9.17) is 0 Å². The number of hydrogen-bond donors (Lipinski definition) is 0. The number of rotatable bonds is 0. The molecule has 0 heterocycles. The van der Waals surface area contributed by atoms with E-state index in [0.717, 1.165) is 12.8 Å². The molecule has 0 aromatic carbocycles. The van der Waals surface area contributed by atoms with Crippen molar-refractivity contribution < 1.29 is 0 Å². The zero-order valence-electron chi connectivity index (χ0n) is 7.58. The summed E-state index contributed by atoms with van der Waals surface area (Å²) < 4.78 is 0. The molecule has 1 radical (unpaired) electrons. The highest BCUT2D eigenvalue weighted by atomic mass is 13.9. The van der Waals surface area contributed by atoms with Gasteiger partial charge in [-0.05, 0) is 38.5 Å². The molecule has 0 N–H and O–H groups in total. The topological polar surface area (TPSA) is 0 Å². The summed E-state index contributed by atoms with van der Waals surface area (Å²) in [7, 11) is 0. The lowest BCUT2D eigenvalue weighted by atomic mass is 10.1. The molecule has 12 heavy (non-hydrogen) atoms. The normalized spacial score (nSPS) is 28.0. The summed E-state index contributed by atoms with van der Waals surface area (Å²) in [5, 5.41) is 0. The van der Waals surface area contributed by atoms with E-state index in [2.05, 4.69) is 42.9 Å². The van der Waals surface area contributed by atoms with Crippen LogP contribution >= 0.6 is 0 Å². The van der Waals surface area contributed by atoms with E-state index >= 15 is 0 Å². The zero-order chi connectivity index (χ0) is 8.49. The Bertz CT molecular complexity index is 172. The summed E-state index contributed by atoms with van der Waals surface area (Å²) in [6.07, 6.45) is 21.5. The number of hydrogen-bond acceptors (Lipinski definition) is 0. The third-order valence-corrected chi connectivity index (χ3v) is 1.90. The van der Waals surface area contributed by atoms with Gasteiger partial charge >= 0.3 is 0 Å². The standard InChI is InChI=1S/C12H17/c1-2-4-6-8-10-12-11-9-7-5-3-1/h1-4,7-9H,5-6,10-12H2/b3-1-,4-2+,9-7-. The second-order valence-corrected chi connectivity index (χ2v) is 3.02. The van der Waals surface area contributed by atoms with Crippen LogP contribution in [0.25, 0.3) is 0 Å². The van der Waals surface area contributed by atoms with Crippen molar-refractivity contribution >= 4 is 0 Å². The van der Waals surface area contributed by atoms with Gasteiger partial charge in [-0.3, -0.25) is 0 Å². The van der Waals surface area contributed by atoms with Crippen LogP contribution in [0, 0.1) is 6.42 Å². The fraction of sp³-hybridized carbons (Fsp3) is 0.417. The second kappa shape index (κ2) is 6.90. The molecule has 1 rings (SSSR count). The van der Waals surface area contributed by atoms with E-state index in [-0.39, 0.29) is 0 Å². The van der Waals surface area contributed by atoms with Gasteiger partial charge in [0, 0.05) is 0 Å². The first-order valence-corrected chi connectivity index (χ1v) is 4.78. The Morgan fingerprint density at radius 1 is 0.667 bits per heavy atom. The quantitative estimate of drug-likeness (QED) is 0.474. The highest BCUT2D eigenvalue weighted by Crippen LogP contribution is 2.04. The Kier molecular flexibility index (Phi) is 5.35. The van der Waals surface area contributed by atoms with Gasteiger partial charge in [0.15, 0.2) is 0 Å². The molecule has 0 atom stereocenters. The molecule has 0 amide bonds. The highest BCUT2D eigenvalue weighted by Gasteiger charge is 1.86. The lowest BCUT2D eigenvalue weighted by Crippen LogP contribution is -1.76. The van der Waals surface area contributed by atoms with Gasteiger partial charge in [-0.25, -0.2) is 0 Å². The van der Waals surface area contributed by atoms with Crippen molar-refractivity contribution in [3.8, 4) is 0 Å². The van der Waals surface area contributed by atoms with Crippen LogP contribution in [0.1, 0.15) is 32.1 Å². The largest absolute Gasteiger partial charge is 0.0882 e. The molecule has 0 fully saturated rings. The van der Waals surface area contributed by atoms with Gasteiger partial charge in [0.1, 0.15) is 0 Å². The fourth-order valence-electron chi connectivity index (χ4n) is 1.20. The summed E-state index contributed by atoms with van der Waals surface area (Å²) in [6, 6.07) is 0. The Morgan fingerprint density at radius 2 is 1.50 bits per heavy atom. The van der Waals surface area contributed by atoms with Gasteiger partial charge in [0.2, 0.25) is 0 Å². The molecule has 0 aromatic rings. The molecule has 0 bridgehead atoms. The minimum Gasteiger partial charge on any atom is -0.0882 e. The summed E-state index contributed by atoms with van der Waals surface area (Å²) in [4.78, 5) is 0. The molecule has 0 nitrogen and oxygen atoms in total. The average Bonchev–Trinajstić information content (AvgIpc) is 2.05. The van der Waals surface area contributed by atoms with Crippen LogP contribution < -0.4 is 0 Å². The molecule has 0 aromatic heterocycles. The molecule has 1 aliphatic carbocycles. The molecule has 0 saturated carbocycles. The molecule has 0 heteroatoms. The van der Waals surface area contributed by atoms with Crippen LogP contribution in [-0.4, -0.2) is 0 Å². The Hall–Kier alpha value is -0.780. The van der Waals surface area contributed by atoms with Gasteiger partial charge in [0.25, 0.3) is 0 Å². The van der Waals surface area contributed by atoms with Gasteiger partial charge in [-0.15, -0.1) is 0 Å². The summed E-state index contributed by atoms with van der Waals surface area (Å²) in [6.45, 7) is 0. The summed E-state index contributed by atoms with van der Waals surface area (Å²) in [5.74, 6) is 0. The highest BCUT2D eigenvalue weighted by molar-refractivity contribution is 5.06. The Morgan fingerprint density at radius 3 is 2.42 bits per heavy atom. The third kappa shape index (κ3) is 4.95. The summed E-state index contributed by atoms with van der Waals surface area (Å²) in [5.41, 5.74) is 0. The molecule has 0 saturated heterocycles. The van der Waals surface area contributed by atoms with Crippen LogP contribution in [0.3, 0.4) is 0 Å². The van der Waals surface area contributed by atoms with E-state index in [9.17, 15) is 0 Å². The van der Waals surface area contributed by atoms with Crippen LogP contribution in [-0.2, 0) is 0 Å². The average molecular weight is 161 g/mol. The van der Waals surface area contributed by atoms with Crippen molar-refractivity contribution in [2.75, 3.05) is 0 Å². The lowest BCUT2D eigenvalue weighted by Gasteiger charge is -1.95. The monoisotopic (exact) mass is 161 g/mol. The minimum atomic E-state index is 1.08. The second-order valence-electron chi connectivity index (χ2n) is 3.02. The predicted octanol–water partition coefficient (Wildman–Crippen LogP) is 3.82. The maximum absolute atomic E-state index is 2.35. The van der Waals surface area contributed by atoms with Crippen molar-refractivity contribution in [1.29, 1.82) is 0 Å². The van der Waals surface area contributed by atoms with E-state index in [1.807, 2.05) is 0 Å². The maximum Gasteiger partial charge on any atom is -0.0166 e. The third-order valence-electron chi connectivity index (χ3n) is 1.90. The zero-order valence-corrected chi connectivity index (χ0v) is 7.58. The van der Waals surface area contributed by atoms with Gasteiger partial charge in [0.05, 0.1) is 0 Å². The van der Waals surface area contributed by atoms with Crippen molar-refractivity contribution in [2.24, 2.45) is 0 Å². The maximum atomic E-state index is 2.35. The van der Waals surface area contributed by atoms with E-state index in [1.165, 1.54) is 19.3 Å². The first-order chi connectivity index (χ1) is 6.00. The van der Waals surface area contributed by atoms with Crippen LogP contribution in [0.5, 0.6) is 0 Å². The fourth-order valence-corrected chi connectivity index (χ4v) is 1.20. The molecule has 0 aliphatic heterocycles. The summed E-state index contributed by atoms with van der Waals surface area (Å²) >= 11 is 0. The van der Waals surface area contributed by atoms with Crippen molar-refractivity contribution in [3.05, 3.63) is 42.9 Å². The molecular weight excluding hydrogens is 144 g/mol. The molecular formula is C12H17. The molecule has 1 aliphatic rings. The van der Waals surface area contributed by atoms with Gasteiger partial charge < -0.3 is 0 Å². The molecule has 0 spiro atoms. The van der Waals surface area contributed by atoms with Crippen LogP contribution in [0.4, 0.5) is 0 Å². The van der Waals surface area contributed by atoms with Crippen molar-refractivity contribution in [1.82, 2.24) is 0 Å². The SMILES string of the molecule is [CH]1C/C=C/C=C\C/C=C\CCC1. The van der Waals surface area contributed by atoms with E-state index in [1.54, 1.807) is 0 Å². The van der Waals surface area contributed by atoms with Crippen LogP contribution in [0.15, 0.2) is 36.5 Å². The first kappa shape index (κ1) is 9.31. The predicted molar refractivity (Wildman–Crippen MR) is 54.8 cm³/mol. The van der Waals surface area contributed by atoms with Crippen molar-refractivity contribution in [2.45, 2.75) is 32.1 Å². The van der Waals surface area contributed by atoms with Crippen LogP contribution in [0.2, 0.25) is 0 Å². The Labute approximate surface area is 75.7 Å². The molecule has 0 unspecified atom stereocenters. The first-order valence-electron chi connectivity index (χ1n) is 4.78. The van der Waals surface area contributed by atoms with E-state index in [0.29, 0.717) is 0 Å². The lowest BCUT2D eigenvalue weighted by molar-refractivity contribution is 0.809. The van der Waals surface area contributed by atoms with Gasteiger partial charge in [-0.2, -0.15) is 0 Å². The molecule has 65 valence electrons. The Balaban J connectivity index is 2.31. The number of allylic oxidation sites excluding steroid dienone is 6. The van der Waals surface area contributed by atoms with Gasteiger partial charge in [-0.1, -0.05) is 36.5 Å². The smallest absolute Gasteiger partial charge is 0.0166 e. The van der Waals surface area contributed by atoms with E-state index < -0.39 is 0 Å². The minimum absolute atomic E-state index is 1.08. The van der Waals surface area contributed by atoms with Crippen molar-refractivity contribution in [3.63, 3.8) is 0 Å².